The first-order chi connectivity index (χ1) is 10.5. The van der Waals surface area contributed by atoms with E-state index in [0.29, 0.717) is 17.3 Å². The largest absolute Gasteiger partial charge is 0.483 e. The van der Waals surface area contributed by atoms with Crippen LogP contribution in [0.25, 0.3) is 0 Å². The summed E-state index contributed by atoms with van der Waals surface area (Å²) in [5, 5.41) is 6.48. The second-order valence-corrected chi connectivity index (χ2v) is 5.94. The molecule has 0 spiro atoms. The highest BCUT2D eigenvalue weighted by atomic mass is 35.5. The van der Waals surface area contributed by atoms with Gasteiger partial charge in [-0.3, -0.25) is 4.79 Å². The lowest BCUT2D eigenvalue weighted by Crippen LogP contribution is -2.43. The molecule has 2 rings (SSSR count). The lowest BCUT2D eigenvalue weighted by atomic mass is 10.2. The summed E-state index contributed by atoms with van der Waals surface area (Å²) >= 11 is 10.9. The molecule has 1 aromatic carbocycles. The molecule has 7 heteroatoms. The van der Waals surface area contributed by atoms with Crippen molar-refractivity contribution in [3.63, 3.8) is 0 Å². The van der Waals surface area contributed by atoms with E-state index in [1.807, 2.05) is 6.92 Å². The molecule has 1 aromatic rings. The van der Waals surface area contributed by atoms with E-state index in [0.717, 1.165) is 25.0 Å². The van der Waals surface area contributed by atoms with E-state index < -0.39 is 0 Å². The zero-order valence-corrected chi connectivity index (χ0v) is 13.9. The molecule has 1 fully saturated rings. The van der Waals surface area contributed by atoms with Gasteiger partial charge >= 0.3 is 0 Å². The maximum Gasteiger partial charge on any atom is 0.264 e. The normalized spacial score (nSPS) is 17.1. The van der Waals surface area contributed by atoms with Crippen molar-refractivity contribution >= 4 is 34.8 Å². The van der Waals surface area contributed by atoms with Crippen LogP contribution in [-0.2, 0) is 9.53 Å². The van der Waals surface area contributed by atoms with Crippen LogP contribution in [0.1, 0.15) is 18.4 Å². The number of nitrogens with one attached hydrogen (secondary N) is 2. The van der Waals surface area contributed by atoms with Gasteiger partial charge in [0.05, 0.1) is 6.10 Å². The number of benzene rings is 1. The van der Waals surface area contributed by atoms with Gasteiger partial charge in [0, 0.05) is 18.2 Å². The van der Waals surface area contributed by atoms with Gasteiger partial charge < -0.3 is 20.1 Å². The van der Waals surface area contributed by atoms with Gasteiger partial charge in [0.2, 0.25) is 0 Å². The molecule has 1 unspecified atom stereocenters. The number of amides is 1. The SMILES string of the molecule is Cc1cc(Cl)ccc1OCC(=O)NC(=S)NCC1CCCO1. The van der Waals surface area contributed by atoms with Crippen LogP contribution in [0.5, 0.6) is 5.75 Å². The Bertz CT molecular complexity index is 548. The molecule has 1 amide bonds. The van der Waals surface area contributed by atoms with Gasteiger partial charge in [-0.1, -0.05) is 11.6 Å². The molecular weight excluding hydrogens is 324 g/mol. The van der Waals surface area contributed by atoms with Crippen LogP contribution in [-0.4, -0.2) is 36.9 Å². The molecule has 0 bridgehead atoms. The highest BCUT2D eigenvalue weighted by molar-refractivity contribution is 7.80. The summed E-state index contributed by atoms with van der Waals surface area (Å²) in [5.41, 5.74) is 0.874. The van der Waals surface area contributed by atoms with Crippen LogP contribution in [0.4, 0.5) is 0 Å². The van der Waals surface area contributed by atoms with Gasteiger partial charge in [0.1, 0.15) is 5.75 Å². The summed E-state index contributed by atoms with van der Waals surface area (Å²) in [6.45, 7) is 3.16. The van der Waals surface area contributed by atoms with E-state index in [2.05, 4.69) is 10.6 Å². The van der Waals surface area contributed by atoms with Crippen molar-refractivity contribution in [3.8, 4) is 5.75 Å². The smallest absolute Gasteiger partial charge is 0.264 e. The number of hydrogen-bond acceptors (Lipinski definition) is 4. The van der Waals surface area contributed by atoms with E-state index in [4.69, 9.17) is 33.3 Å². The van der Waals surface area contributed by atoms with Gasteiger partial charge in [-0.05, 0) is 55.7 Å². The first-order valence-corrected chi connectivity index (χ1v) is 7.91. The average molecular weight is 343 g/mol. The van der Waals surface area contributed by atoms with Gasteiger partial charge in [-0.15, -0.1) is 0 Å². The fourth-order valence-electron chi connectivity index (χ4n) is 2.14. The predicted octanol–water partition coefficient (Wildman–Crippen LogP) is 2.20. The number of hydrogen-bond donors (Lipinski definition) is 2. The maximum absolute atomic E-state index is 11.8. The minimum Gasteiger partial charge on any atom is -0.483 e. The Morgan fingerprint density at radius 3 is 3.05 bits per heavy atom. The third kappa shape index (κ3) is 5.44. The van der Waals surface area contributed by atoms with E-state index >= 15 is 0 Å². The van der Waals surface area contributed by atoms with E-state index in [9.17, 15) is 4.79 Å². The second-order valence-electron chi connectivity index (χ2n) is 5.09. The summed E-state index contributed by atoms with van der Waals surface area (Å²) in [4.78, 5) is 11.8. The van der Waals surface area contributed by atoms with Crippen LogP contribution in [0.2, 0.25) is 5.02 Å². The summed E-state index contributed by atoms with van der Waals surface area (Å²) < 4.78 is 10.9. The number of aryl methyl sites for hydroxylation is 1. The first kappa shape index (κ1) is 17.0. The van der Waals surface area contributed by atoms with Gasteiger partial charge in [-0.2, -0.15) is 0 Å². The Labute approximate surface area is 140 Å². The lowest BCUT2D eigenvalue weighted by Gasteiger charge is -2.14. The fourth-order valence-corrected chi connectivity index (χ4v) is 2.56. The highest BCUT2D eigenvalue weighted by Gasteiger charge is 2.15. The molecule has 0 aromatic heterocycles. The molecule has 1 saturated heterocycles. The first-order valence-electron chi connectivity index (χ1n) is 7.13. The number of ether oxygens (including phenoxy) is 2. The van der Waals surface area contributed by atoms with Crippen LogP contribution in [0.15, 0.2) is 18.2 Å². The van der Waals surface area contributed by atoms with Crippen LogP contribution in [0, 0.1) is 6.92 Å². The number of thiocarbonyl (C=S) groups is 1. The van der Waals surface area contributed by atoms with Crippen molar-refractivity contribution < 1.29 is 14.3 Å². The summed E-state index contributed by atoms with van der Waals surface area (Å²) in [6.07, 6.45) is 2.25. The van der Waals surface area contributed by atoms with Crippen molar-refractivity contribution in [3.05, 3.63) is 28.8 Å². The third-order valence-electron chi connectivity index (χ3n) is 3.26. The Balaban J connectivity index is 1.69. The van der Waals surface area contributed by atoms with Gasteiger partial charge in [0.25, 0.3) is 5.91 Å². The molecule has 0 saturated carbocycles. The number of carbonyl (C=O) groups is 1. The molecule has 1 atom stereocenters. The van der Waals surface area contributed by atoms with Crippen molar-refractivity contribution in [1.82, 2.24) is 10.6 Å². The van der Waals surface area contributed by atoms with Crippen LogP contribution in [0.3, 0.4) is 0 Å². The number of rotatable bonds is 5. The molecule has 5 nitrogen and oxygen atoms in total. The minimum absolute atomic E-state index is 0.107. The molecule has 120 valence electrons. The fraction of sp³-hybridized carbons (Fsp3) is 0.467. The standard InChI is InChI=1S/C15H19ClN2O3S/c1-10-7-11(16)4-5-13(10)21-9-14(19)18-15(22)17-8-12-3-2-6-20-12/h4-5,7,12H,2-3,6,8-9H2,1H3,(H2,17,18,19,22). The Morgan fingerprint density at radius 1 is 1.55 bits per heavy atom. The lowest BCUT2D eigenvalue weighted by molar-refractivity contribution is -0.121. The Morgan fingerprint density at radius 2 is 2.36 bits per heavy atom. The van der Waals surface area contributed by atoms with Crippen LogP contribution >= 0.6 is 23.8 Å². The van der Waals surface area contributed by atoms with E-state index in [1.54, 1.807) is 18.2 Å². The predicted molar refractivity (Wildman–Crippen MR) is 89.4 cm³/mol. The quantitative estimate of drug-likeness (QED) is 0.803. The molecule has 2 N–H and O–H groups in total. The van der Waals surface area contributed by atoms with Crippen molar-refractivity contribution in [1.29, 1.82) is 0 Å². The summed E-state index contributed by atoms with van der Waals surface area (Å²) in [6, 6.07) is 5.23. The number of halogens is 1. The molecule has 1 aliphatic heterocycles. The van der Waals surface area contributed by atoms with Crippen molar-refractivity contribution in [2.75, 3.05) is 19.8 Å². The molecule has 1 heterocycles. The maximum atomic E-state index is 11.8. The summed E-state index contributed by atoms with van der Waals surface area (Å²) in [7, 11) is 0. The number of carbonyl (C=O) groups excluding carboxylic acids is 1. The van der Waals surface area contributed by atoms with Gasteiger partial charge in [0.15, 0.2) is 11.7 Å². The molecule has 22 heavy (non-hydrogen) atoms. The van der Waals surface area contributed by atoms with Gasteiger partial charge in [-0.25, -0.2) is 0 Å². The Kier molecular flexibility index (Phi) is 6.42. The second kappa shape index (κ2) is 8.31. The van der Waals surface area contributed by atoms with Crippen LogP contribution < -0.4 is 15.4 Å². The zero-order valence-electron chi connectivity index (χ0n) is 12.4. The molecule has 0 aliphatic carbocycles. The summed E-state index contributed by atoms with van der Waals surface area (Å²) in [5.74, 6) is 0.317. The highest BCUT2D eigenvalue weighted by Crippen LogP contribution is 2.21. The average Bonchev–Trinajstić information content (AvgIpc) is 2.97. The monoisotopic (exact) mass is 342 g/mol. The topological polar surface area (TPSA) is 59.6 Å². The van der Waals surface area contributed by atoms with Crippen molar-refractivity contribution in [2.45, 2.75) is 25.9 Å². The molecule has 0 radical (unpaired) electrons. The minimum atomic E-state index is -0.306. The molecular formula is C15H19ClN2O3S. The molecule has 1 aliphatic rings. The third-order valence-corrected chi connectivity index (χ3v) is 3.74. The van der Waals surface area contributed by atoms with E-state index in [1.165, 1.54) is 0 Å². The van der Waals surface area contributed by atoms with Crippen molar-refractivity contribution in [2.24, 2.45) is 0 Å². The zero-order chi connectivity index (χ0) is 15.9. The van der Waals surface area contributed by atoms with E-state index in [-0.39, 0.29) is 23.7 Å². The Hall–Kier alpha value is -1.37.